The molecule has 0 radical (unpaired) electrons. The van der Waals surface area contributed by atoms with E-state index >= 15 is 0 Å². The first-order chi connectivity index (χ1) is 13.0. The van der Waals surface area contributed by atoms with E-state index in [4.69, 9.17) is 16.7 Å². The Kier molecular flexibility index (Phi) is 5.70. The number of carboxylic acid groups (broad SMARTS) is 1. The third kappa shape index (κ3) is 4.43. The lowest BCUT2D eigenvalue weighted by Crippen LogP contribution is -2.37. The van der Waals surface area contributed by atoms with Crippen molar-refractivity contribution < 1.29 is 14.8 Å². The molecule has 9 nitrogen and oxygen atoms in total. The van der Waals surface area contributed by atoms with Crippen LogP contribution in [0.25, 0.3) is 0 Å². The molecule has 1 aromatic carbocycles. The van der Waals surface area contributed by atoms with Crippen LogP contribution < -0.4 is 10.2 Å². The average molecular weight is 392 g/mol. The van der Waals surface area contributed by atoms with Crippen LogP contribution in [0.5, 0.6) is 0 Å². The molecule has 1 fully saturated rings. The van der Waals surface area contributed by atoms with Gasteiger partial charge in [-0.1, -0.05) is 23.7 Å². The molecule has 2 N–H and O–H groups in total. The van der Waals surface area contributed by atoms with Crippen LogP contribution in [-0.2, 0) is 11.3 Å². The normalized spacial score (nSPS) is 14.8. The Balaban J connectivity index is 1.79. The largest absolute Gasteiger partial charge is 0.481 e. The minimum Gasteiger partial charge on any atom is -0.481 e. The topological polar surface area (TPSA) is 121 Å². The second-order valence-corrected chi connectivity index (χ2v) is 6.67. The zero-order valence-electron chi connectivity index (χ0n) is 14.3. The van der Waals surface area contributed by atoms with E-state index in [0.717, 1.165) is 5.56 Å². The van der Waals surface area contributed by atoms with Crippen LogP contribution in [0.4, 0.5) is 17.3 Å². The lowest BCUT2D eigenvalue weighted by Gasteiger charge is -2.30. The van der Waals surface area contributed by atoms with Gasteiger partial charge in [0.15, 0.2) is 0 Å². The molecule has 0 aliphatic carbocycles. The monoisotopic (exact) mass is 391 g/mol. The number of aliphatic carboxylic acids is 1. The molecule has 0 spiro atoms. The highest BCUT2D eigenvalue weighted by atomic mass is 35.5. The van der Waals surface area contributed by atoms with Crippen LogP contribution in [0.3, 0.4) is 0 Å². The molecular formula is C17H18ClN5O4. The second kappa shape index (κ2) is 8.17. The lowest BCUT2D eigenvalue weighted by atomic mass is 9.97. The number of halogens is 1. The first kappa shape index (κ1) is 18.8. The molecule has 3 rings (SSSR count). The molecule has 1 saturated heterocycles. The summed E-state index contributed by atoms with van der Waals surface area (Å²) < 4.78 is 0. The Labute approximate surface area is 160 Å². The van der Waals surface area contributed by atoms with Gasteiger partial charge < -0.3 is 15.3 Å². The average Bonchev–Trinajstić information content (AvgIpc) is 2.67. The SMILES string of the molecule is O=C(O)C1CCN(c2ncnc(NCc3ccc(Cl)cc3)c2[N+](=O)[O-])CC1. The Bertz CT molecular complexity index is 838. The quantitative estimate of drug-likeness (QED) is 0.569. The fourth-order valence-corrected chi connectivity index (χ4v) is 3.15. The van der Waals surface area contributed by atoms with E-state index in [1.165, 1.54) is 6.33 Å². The molecule has 10 heteroatoms. The maximum atomic E-state index is 11.7. The molecule has 0 bridgehead atoms. The Morgan fingerprint density at radius 3 is 2.56 bits per heavy atom. The van der Waals surface area contributed by atoms with Crippen molar-refractivity contribution in [2.24, 2.45) is 5.92 Å². The molecule has 0 atom stereocenters. The fourth-order valence-electron chi connectivity index (χ4n) is 3.02. The number of aromatic nitrogens is 2. The second-order valence-electron chi connectivity index (χ2n) is 6.23. The predicted octanol–water partition coefficient (Wildman–Crippen LogP) is 2.95. The van der Waals surface area contributed by atoms with Gasteiger partial charge in [0.2, 0.25) is 11.6 Å². The minimum absolute atomic E-state index is 0.125. The molecule has 2 aromatic rings. The zero-order chi connectivity index (χ0) is 19.4. The van der Waals surface area contributed by atoms with Crippen molar-refractivity contribution in [2.75, 3.05) is 23.3 Å². The number of nitro groups is 1. The first-order valence-corrected chi connectivity index (χ1v) is 8.79. The predicted molar refractivity (Wildman–Crippen MR) is 100 cm³/mol. The van der Waals surface area contributed by atoms with Crippen molar-refractivity contribution in [3.05, 3.63) is 51.3 Å². The van der Waals surface area contributed by atoms with Gasteiger partial charge in [0.25, 0.3) is 0 Å². The molecule has 0 saturated carbocycles. The molecule has 1 aliphatic heterocycles. The Hall–Kier alpha value is -2.94. The number of hydrogen-bond acceptors (Lipinski definition) is 7. The number of carboxylic acids is 1. The molecule has 0 amide bonds. The highest BCUT2D eigenvalue weighted by Crippen LogP contribution is 2.34. The van der Waals surface area contributed by atoms with E-state index < -0.39 is 16.8 Å². The van der Waals surface area contributed by atoms with Crippen molar-refractivity contribution in [3.63, 3.8) is 0 Å². The number of nitrogens with zero attached hydrogens (tertiary/aromatic N) is 4. The molecule has 1 aromatic heterocycles. The molecule has 27 heavy (non-hydrogen) atoms. The maximum Gasteiger partial charge on any atom is 0.353 e. The van der Waals surface area contributed by atoms with Gasteiger partial charge in [-0.2, -0.15) is 0 Å². The summed E-state index contributed by atoms with van der Waals surface area (Å²) in [5, 5.41) is 24.4. The van der Waals surface area contributed by atoms with Crippen molar-refractivity contribution in [1.82, 2.24) is 9.97 Å². The van der Waals surface area contributed by atoms with Gasteiger partial charge in [0.1, 0.15) is 6.33 Å². The lowest BCUT2D eigenvalue weighted by molar-refractivity contribution is -0.383. The minimum atomic E-state index is -0.836. The summed E-state index contributed by atoms with van der Waals surface area (Å²) in [6, 6.07) is 7.12. The van der Waals surface area contributed by atoms with Gasteiger partial charge in [-0.05, 0) is 30.5 Å². The fraction of sp³-hybridized carbons (Fsp3) is 0.353. The van der Waals surface area contributed by atoms with Gasteiger partial charge in [0, 0.05) is 24.7 Å². The summed E-state index contributed by atoms with van der Waals surface area (Å²) in [5.41, 5.74) is 0.691. The first-order valence-electron chi connectivity index (χ1n) is 8.41. The molecule has 1 aliphatic rings. The van der Waals surface area contributed by atoms with E-state index in [-0.39, 0.29) is 17.3 Å². The third-order valence-corrected chi connectivity index (χ3v) is 4.75. The van der Waals surface area contributed by atoms with Gasteiger partial charge in [-0.3, -0.25) is 14.9 Å². The van der Waals surface area contributed by atoms with Gasteiger partial charge in [-0.15, -0.1) is 0 Å². The van der Waals surface area contributed by atoms with E-state index in [0.29, 0.717) is 37.5 Å². The molecule has 2 heterocycles. The third-order valence-electron chi connectivity index (χ3n) is 4.50. The number of nitrogens with one attached hydrogen (secondary N) is 1. The standard InChI is InChI=1S/C17H18ClN5O4/c18-13-3-1-11(2-4-13)9-19-15-14(23(26)27)16(21-10-20-15)22-7-5-12(6-8-22)17(24)25/h1-4,10,12H,5-9H2,(H,24,25)(H,19,20,21). The number of hydrogen-bond donors (Lipinski definition) is 2. The highest BCUT2D eigenvalue weighted by Gasteiger charge is 2.31. The summed E-state index contributed by atoms with van der Waals surface area (Å²) in [5.74, 6) is -0.931. The zero-order valence-corrected chi connectivity index (χ0v) is 15.1. The summed E-state index contributed by atoms with van der Waals surface area (Å²) in [6.07, 6.45) is 2.11. The summed E-state index contributed by atoms with van der Waals surface area (Å²) in [7, 11) is 0. The Morgan fingerprint density at radius 2 is 1.96 bits per heavy atom. The van der Waals surface area contributed by atoms with Crippen molar-refractivity contribution in [1.29, 1.82) is 0 Å². The number of benzene rings is 1. The molecule has 0 unspecified atom stereocenters. The van der Waals surface area contributed by atoms with E-state index in [1.807, 2.05) is 12.1 Å². The van der Waals surface area contributed by atoms with E-state index in [9.17, 15) is 14.9 Å². The smallest absolute Gasteiger partial charge is 0.353 e. The van der Waals surface area contributed by atoms with E-state index in [1.54, 1.807) is 17.0 Å². The highest BCUT2D eigenvalue weighted by molar-refractivity contribution is 6.30. The van der Waals surface area contributed by atoms with E-state index in [2.05, 4.69) is 15.3 Å². The number of rotatable bonds is 6. The number of piperidine rings is 1. The summed E-state index contributed by atoms with van der Waals surface area (Å²) in [6.45, 7) is 1.13. The number of carbonyl (C=O) groups is 1. The van der Waals surface area contributed by atoms with Crippen LogP contribution in [-0.4, -0.2) is 39.1 Å². The van der Waals surface area contributed by atoms with Crippen LogP contribution in [0.15, 0.2) is 30.6 Å². The number of anilines is 2. The molecule has 142 valence electrons. The van der Waals surface area contributed by atoms with Crippen molar-refractivity contribution in [2.45, 2.75) is 19.4 Å². The van der Waals surface area contributed by atoms with Gasteiger partial charge >= 0.3 is 11.7 Å². The van der Waals surface area contributed by atoms with Crippen LogP contribution >= 0.6 is 11.6 Å². The Morgan fingerprint density at radius 1 is 1.30 bits per heavy atom. The van der Waals surface area contributed by atoms with Crippen molar-refractivity contribution in [3.8, 4) is 0 Å². The van der Waals surface area contributed by atoms with Crippen LogP contribution in [0.1, 0.15) is 18.4 Å². The van der Waals surface area contributed by atoms with Crippen LogP contribution in [0.2, 0.25) is 5.02 Å². The van der Waals surface area contributed by atoms with Crippen molar-refractivity contribution >= 4 is 34.9 Å². The summed E-state index contributed by atoms with van der Waals surface area (Å²) >= 11 is 5.86. The summed E-state index contributed by atoms with van der Waals surface area (Å²) in [4.78, 5) is 32.1. The van der Waals surface area contributed by atoms with Crippen LogP contribution in [0, 0.1) is 16.0 Å². The maximum absolute atomic E-state index is 11.7. The van der Waals surface area contributed by atoms with Gasteiger partial charge in [0.05, 0.1) is 10.8 Å². The molecular weight excluding hydrogens is 374 g/mol. The van der Waals surface area contributed by atoms with Gasteiger partial charge in [-0.25, -0.2) is 9.97 Å².